The number of carbonyl (C=O) groups is 1. The number of carbonyl (C=O) groups excluding carboxylic acids is 1. The van der Waals surface area contributed by atoms with E-state index < -0.39 is 65.8 Å². The molecule has 0 radical (unpaired) electrons. The Morgan fingerprint density at radius 3 is 1.52 bits per heavy atom. The summed E-state index contributed by atoms with van der Waals surface area (Å²) in [6, 6.07) is 0. The van der Waals surface area contributed by atoms with Crippen LogP contribution in [0.25, 0.3) is 0 Å². The average Bonchev–Trinajstić information content (AvgIpc) is 2.49. The van der Waals surface area contributed by atoms with Crippen molar-refractivity contribution < 1.29 is 72.4 Å². The van der Waals surface area contributed by atoms with Crippen LogP contribution in [0.2, 0.25) is 0 Å². The van der Waals surface area contributed by atoms with Crippen molar-refractivity contribution in [3.63, 3.8) is 0 Å². The number of unbranched alkanes of at least 4 members (excludes halogenated alkanes) is 2. The van der Waals surface area contributed by atoms with Gasteiger partial charge in [0.1, 0.15) is 5.08 Å². The Hall–Kier alpha value is 1.25. The zero-order valence-corrected chi connectivity index (χ0v) is 21.6. The standard InChI is InChI=1S/C10H25NO15P4.Ca/c12-8(11-7-6-10(14,29(21,22)23)30(24,25)26)4-2-1-3-5-9(13,27(15,16)17)28(18,19)20;/h13-14H,1-7H2,(H,11,12)(H2,15,16,17)(H2,18,19,20)(H2,21,22,23)(H2,24,25,26);/q;+2/p-4. The van der Waals surface area contributed by atoms with Crippen molar-refractivity contribution in [1.29, 1.82) is 0 Å². The van der Waals surface area contributed by atoms with Gasteiger partial charge in [-0.2, -0.15) is 0 Å². The Bertz CT molecular complexity index is 752. The van der Waals surface area contributed by atoms with E-state index in [9.17, 15) is 52.8 Å². The molecule has 0 atom stereocenters. The van der Waals surface area contributed by atoms with E-state index in [0.29, 0.717) is 0 Å². The van der Waals surface area contributed by atoms with Gasteiger partial charge >= 0.3 is 52.9 Å². The molecule has 0 aliphatic heterocycles. The van der Waals surface area contributed by atoms with Crippen LogP contribution in [0.3, 0.4) is 0 Å². The van der Waals surface area contributed by atoms with Crippen LogP contribution in [0.4, 0.5) is 0 Å². The molecular weight excluding hydrogens is 538 g/mol. The van der Waals surface area contributed by atoms with Gasteiger partial charge in [0.15, 0.2) is 0 Å². The van der Waals surface area contributed by atoms with Crippen LogP contribution in [0, 0.1) is 0 Å². The second kappa shape index (κ2) is 12.3. The summed E-state index contributed by atoms with van der Waals surface area (Å²) >= 11 is 0. The molecule has 0 aliphatic rings. The fraction of sp³-hybridized carbons (Fsp3) is 0.900. The summed E-state index contributed by atoms with van der Waals surface area (Å²) in [5.41, 5.74) is 0. The molecule has 0 aliphatic carbocycles. The zero-order valence-electron chi connectivity index (χ0n) is 15.8. The summed E-state index contributed by atoms with van der Waals surface area (Å²) in [5.74, 6) is -0.851. The summed E-state index contributed by atoms with van der Waals surface area (Å²) in [4.78, 5) is 90.8. The number of nitrogens with one attached hydrogen (secondary N) is 1. The maximum absolute atomic E-state index is 11.6. The Morgan fingerprint density at radius 2 is 1.16 bits per heavy atom. The topological polar surface area (TPSA) is 311 Å². The van der Waals surface area contributed by atoms with E-state index in [1.807, 2.05) is 5.32 Å². The molecule has 0 rings (SSSR count). The molecule has 1 amide bonds. The van der Waals surface area contributed by atoms with Crippen molar-refractivity contribution in [2.24, 2.45) is 0 Å². The van der Waals surface area contributed by atoms with Crippen molar-refractivity contribution >= 4 is 74.0 Å². The predicted molar refractivity (Wildman–Crippen MR) is 95.7 cm³/mol. The largest absolute Gasteiger partial charge is 2.00 e. The molecule has 0 unspecified atom stereocenters. The molecule has 180 valence electrons. The van der Waals surface area contributed by atoms with E-state index in [0.717, 1.165) is 0 Å². The fourth-order valence-electron chi connectivity index (χ4n) is 2.17. The number of rotatable bonds is 13. The first kappa shape index (κ1) is 34.4. The van der Waals surface area contributed by atoms with Crippen molar-refractivity contribution in [2.75, 3.05) is 6.54 Å². The first-order chi connectivity index (χ1) is 13.1. The van der Waals surface area contributed by atoms with Gasteiger partial charge in [-0.1, -0.05) is 6.42 Å². The fourth-order valence-corrected chi connectivity index (χ4v) is 6.40. The van der Waals surface area contributed by atoms with Crippen LogP contribution in [0.5, 0.6) is 0 Å². The first-order valence-corrected chi connectivity index (χ1v) is 14.3. The van der Waals surface area contributed by atoms with Gasteiger partial charge < -0.3 is 63.8 Å². The van der Waals surface area contributed by atoms with Crippen LogP contribution >= 0.6 is 30.4 Å². The van der Waals surface area contributed by atoms with Crippen molar-refractivity contribution in [1.82, 2.24) is 5.32 Å². The molecule has 0 spiro atoms. The van der Waals surface area contributed by atoms with Crippen molar-refractivity contribution in [2.45, 2.75) is 48.7 Å². The minimum atomic E-state index is -6.28. The van der Waals surface area contributed by atoms with Crippen LogP contribution < -0.4 is 24.9 Å². The summed E-state index contributed by atoms with van der Waals surface area (Å²) < 4.78 is 44.0. The number of hydrogen-bond acceptors (Lipinski definition) is 11. The summed E-state index contributed by atoms with van der Waals surface area (Å²) in [7, 11) is -23.7. The predicted octanol–water partition coefficient (Wildman–Crippen LogP) is -4.46. The summed E-state index contributed by atoms with van der Waals surface area (Å²) in [6.45, 7) is -0.867. The Labute approximate surface area is 206 Å². The third kappa shape index (κ3) is 9.43. The van der Waals surface area contributed by atoms with Crippen molar-refractivity contribution in [3.05, 3.63) is 0 Å². The van der Waals surface area contributed by atoms with Gasteiger partial charge in [0.25, 0.3) is 5.08 Å². The Morgan fingerprint density at radius 1 is 0.742 bits per heavy atom. The molecule has 7 N–H and O–H groups in total. The minimum absolute atomic E-state index is 0. The molecule has 0 heterocycles. The smallest absolute Gasteiger partial charge is 0.808 e. The molecule has 0 aromatic carbocycles. The van der Waals surface area contributed by atoms with Crippen LogP contribution in [0.15, 0.2) is 0 Å². The van der Waals surface area contributed by atoms with E-state index in [4.69, 9.17) is 19.6 Å². The molecule has 21 heteroatoms. The van der Waals surface area contributed by atoms with Gasteiger partial charge in [0, 0.05) is 19.4 Å². The van der Waals surface area contributed by atoms with E-state index >= 15 is 0 Å². The molecule has 0 fully saturated rings. The quantitative estimate of drug-likeness (QED) is 0.0635. The average molecular weight is 559 g/mol. The second-order valence-corrected chi connectivity index (χ2v) is 14.1. The van der Waals surface area contributed by atoms with Gasteiger partial charge in [0.05, 0.1) is 0 Å². The maximum Gasteiger partial charge on any atom is 2.00 e. The number of aliphatic hydroxyl groups is 2. The molecule has 16 nitrogen and oxygen atoms in total. The van der Waals surface area contributed by atoms with E-state index in [-0.39, 0.29) is 63.4 Å². The van der Waals surface area contributed by atoms with Crippen LogP contribution in [-0.4, -0.2) is 90.1 Å². The first-order valence-electron chi connectivity index (χ1n) is 7.97. The van der Waals surface area contributed by atoms with Crippen LogP contribution in [-0.2, 0) is 23.1 Å². The third-order valence-electron chi connectivity index (χ3n) is 4.01. The normalized spacial score (nSPS) is 14.1. The van der Waals surface area contributed by atoms with Gasteiger partial charge in [-0.3, -0.25) is 13.9 Å². The van der Waals surface area contributed by atoms with Crippen LogP contribution in [0.1, 0.15) is 38.5 Å². The Kier molecular flexibility index (Phi) is 13.6. The van der Waals surface area contributed by atoms with E-state index in [2.05, 4.69) is 0 Å². The monoisotopic (exact) mass is 559 g/mol. The van der Waals surface area contributed by atoms with E-state index in [1.165, 1.54) is 0 Å². The second-order valence-electron chi connectivity index (χ2n) is 6.29. The number of amides is 1. The third-order valence-corrected chi connectivity index (χ3v) is 11.6. The van der Waals surface area contributed by atoms with E-state index in [1.54, 1.807) is 0 Å². The number of hydrogen-bond donors (Lipinski definition) is 7. The summed E-state index contributed by atoms with van der Waals surface area (Å²) in [6.07, 6.45) is -3.15. The SMILES string of the molecule is O=C(CCCCCC(O)(P(=O)(O)O)P(=O)(O)O)NCCC(O)(P(=O)([O-])[O-])P(=O)([O-])[O-].[Ca+2]. The molecule has 0 saturated carbocycles. The van der Waals surface area contributed by atoms with Gasteiger partial charge in [-0.15, -0.1) is 0 Å². The van der Waals surface area contributed by atoms with Gasteiger partial charge in [-0.05, 0) is 34.5 Å². The Balaban J connectivity index is 0. The molecule has 0 bridgehead atoms. The molecule has 0 aromatic rings. The molecular formula is C10H21CaNO15P4-2. The minimum Gasteiger partial charge on any atom is -0.808 e. The zero-order chi connectivity index (χ0) is 24.2. The molecule has 31 heavy (non-hydrogen) atoms. The van der Waals surface area contributed by atoms with Gasteiger partial charge in [0.2, 0.25) is 5.91 Å². The maximum atomic E-state index is 11.6. The molecule has 0 aromatic heterocycles. The summed E-state index contributed by atoms with van der Waals surface area (Å²) in [5, 5.41) is 13.3. The molecule has 0 saturated heterocycles. The van der Waals surface area contributed by atoms with Gasteiger partial charge in [-0.25, -0.2) is 0 Å². The van der Waals surface area contributed by atoms with Crippen molar-refractivity contribution in [3.8, 4) is 0 Å².